The van der Waals surface area contributed by atoms with Crippen molar-refractivity contribution in [3.63, 3.8) is 0 Å². The van der Waals surface area contributed by atoms with Crippen molar-refractivity contribution in [3.8, 4) is 0 Å². The van der Waals surface area contributed by atoms with E-state index in [1.807, 2.05) is 0 Å². The van der Waals surface area contributed by atoms with Gasteiger partial charge in [-0.15, -0.1) is 0 Å². The molecule has 0 amide bonds. The number of hydrogen-bond donors (Lipinski definition) is 3. The average Bonchev–Trinajstić information content (AvgIpc) is 2.22. The summed E-state index contributed by atoms with van der Waals surface area (Å²) in [6.45, 7) is 3.23. The highest BCUT2D eigenvalue weighted by molar-refractivity contribution is 5.53. The topological polar surface area (TPSA) is 81.1 Å². The van der Waals surface area contributed by atoms with E-state index in [2.05, 4.69) is 5.32 Å². The van der Waals surface area contributed by atoms with Gasteiger partial charge < -0.3 is 21.6 Å². The molecule has 0 aliphatic carbocycles. The third kappa shape index (κ3) is 8.16. The van der Waals surface area contributed by atoms with Gasteiger partial charge >= 0.3 is 0 Å². The molecule has 5 N–H and O–H groups in total. The smallest absolute Gasteiger partial charge is 0.123 e. The van der Waals surface area contributed by atoms with Crippen molar-refractivity contribution in [2.75, 3.05) is 26.2 Å². The van der Waals surface area contributed by atoms with Crippen LogP contribution in [-0.4, -0.2) is 32.5 Å². The molecule has 0 saturated heterocycles. The predicted molar refractivity (Wildman–Crippen MR) is 59.0 cm³/mol. The van der Waals surface area contributed by atoms with E-state index in [9.17, 15) is 4.79 Å². The molecule has 0 aromatic rings. The van der Waals surface area contributed by atoms with Crippen molar-refractivity contribution < 1.29 is 4.79 Å². The molecule has 0 heterocycles. The Hall–Kier alpha value is -0.450. The van der Waals surface area contributed by atoms with E-state index in [1.165, 1.54) is 0 Å². The van der Waals surface area contributed by atoms with Gasteiger partial charge in [0.15, 0.2) is 0 Å². The van der Waals surface area contributed by atoms with Gasteiger partial charge in [-0.2, -0.15) is 0 Å². The number of nitrogens with one attached hydrogen (secondary N) is 1. The van der Waals surface area contributed by atoms with E-state index in [1.54, 1.807) is 0 Å². The standard InChI is InChI=1S/C10H23N3O/c11-5-1-3-10(9-14)4-8-13-7-2-6-12/h9-10,13H,1-8,11-12H2. The van der Waals surface area contributed by atoms with Crippen LogP contribution in [0.4, 0.5) is 0 Å². The summed E-state index contributed by atoms with van der Waals surface area (Å²) in [4.78, 5) is 10.6. The fourth-order valence-electron chi connectivity index (χ4n) is 1.30. The van der Waals surface area contributed by atoms with Crippen LogP contribution in [0.2, 0.25) is 0 Å². The van der Waals surface area contributed by atoms with Crippen LogP contribution in [0.25, 0.3) is 0 Å². The number of rotatable bonds is 10. The molecule has 0 aliphatic rings. The lowest BCUT2D eigenvalue weighted by Crippen LogP contribution is -2.22. The lowest BCUT2D eigenvalue weighted by atomic mass is 10.0. The van der Waals surface area contributed by atoms with Gasteiger partial charge in [-0.05, 0) is 51.9 Å². The first-order valence-corrected chi connectivity index (χ1v) is 5.41. The van der Waals surface area contributed by atoms with Gasteiger partial charge in [-0.1, -0.05) is 0 Å². The maximum absolute atomic E-state index is 10.6. The predicted octanol–water partition coefficient (Wildman–Crippen LogP) is -0.131. The van der Waals surface area contributed by atoms with E-state index >= 15 is 0 Å². The molecule has 14 heavy (non-hydrogen) atoms. The number of carbonyl (C=O) groups is 1. The van der Waals surface area contributed by atoms with Gasteiger partial charge in [0.25, 0.3) is 0 Å². The summed E-state index contributed by atoms with van der Waals surface area (Å²) in [5, 5.41) is 3.26. The molecule has 0 fully saturated rings. The fraction of sp³-hybridized carbons (Fsp3) is 0.900. The molecule has 0 aromatic carbocycles. The third-order valence-electron chi connectivity index (χ3n) is 2.22. The molecule has 0 aromatic heterocycles. The molecule has 4 nitrogen and oxygen atoms in total. The fourth-order valence-corrected chi connectivity index (χ4v) is 1.30. The van der Waals surface area contributed by atoms with E-state index in [0.717, 1.165) is 51.6 Å². The summed E-state index contributed by atoms with van der Waals surface area (Å²) in [5.74, 6) is 0.170. The largest absolute Gasteiger partial charge is 0.330 e. The van der Waals surface area contributed by atoms with Gasteiger partial charge in [-0.25, -0.2) is 0 Å². The van der Waals surface area contributed by atoms with E-state index in [0.29, 0.717) is 6.54 Å². The number of carbonyl (C=O) groups excluding carboxylic acids is 1. The Bertz CT molecular complexity index is 131. The highest BCUT2D eigenvalue weighted by atomic mass is 16.1. The van der Waals surface area contributed by atoms with E-state index in [-0.39, 0.29) is 5.92 Å². The lowest BCUT2D eigenvalue weighted by molar-refractivity contribution is -0.111. The van der Waals surface area contributed by atoms with Crippen molar-refractivity contribution >= 4 is 6.29 Å². The summed E-state index contributed by atoms with van der Waals surface area (Å²) < 4.78 is 0. The van der Waals surface area contributed by atoms with Gasteiger partial charge in [0, 0.05) is 5.92 Å². The summed E-state index contributed by atoms with van der Waals surface area (Å²) >= 11 is 0. The molecular weight excluding hydrogens is 178 g/mol. The Labute approximate surface area is 86.4 Å². The van der Waals surface area contributed by atoms with Crippen molar-refractivity contribution in [3.05, 3.63) is 0 Å². The van der Waals surface area contributed by atoms with Crippen molar-refractivity contribution in [2.24, 2.45) is 17.4 Å². The number of hydrogen-bond acceptors (Lipinski definition) is 4. The molecule has 0 aliphatic heterocycles. The van der Waals surface area contributed by atoms with Crippen LogP contribution in [-0.2, 0) is 4.79 Å². The van der Waals surface area contributed by atoms with Crippen LogP contribution in [0.3, 0.4) is 0 Å². The Kier molecular flexibility index (Phi) is 10.3. The molecule has 0 spiro atoms. The highest BCUT2D eigenvalue weighted by Gasteiger charge is 2.05. The van der Waals surface area contributed by atoms with Crippen LogP contribution in [0.15, 0.2) is 0 Å². The van der Waals surface area contributed by atoms with Crippen LogP contribution in [0.1, 0.15) is 25.7 Å². The Morgan fingerprint density at radius 2 is 1.79 bits per heavy atom. The minimum Gasteiger partial charge on any atom is -0.330 e. The first-order valence-electron chi connectivity index (χ1n) is 5.41. The second-order valence-electron chi connectivity index (χ2n) is 3.51. The highest BCUT2D eigenvalue weighted by Crippen LogP contribution is 2.06. The van der Waals surface area contributed by atoms with Crippen LogP contribution in [0, 0.1) is 5.92 Å². The van der Waals surface area contributed by atoms with Crippen molar-refractivity contribution in [2.45, 2.75) is 25.7 Å². The normalized spacial score (nSPS) is 12.7. The van der Waals surface area contributed by atoms with Gasteiger partial charge in [-0.3, -0.25) is 0 Å². The second-order valence-corrected chi connectivity index (χ2v) is 3.51. The Balaban J connectivity index is 3.28. The van der Waals surface area contributed by atoms with E-state index in [4.69, 9.17) is 11.5 Å². The van der Waals surface area contributed by atoms with E-state index < -0.39 is 0 Å². The molecule has 0 radical (unpaired) electrons. The molecule has 4 heteroatoms. The van der Waals surface area contributed by atoms with Crippen LogP contribution < -0.4 is 16.8 Å². The van der Waals surface area contributed by atoms with Crippen molar-refractivity contribution in [1.29, 1.82) is 0 Å². The SMILES string of the molecule is NCCCNCCC(C=O)CCCN. The first-order chi connectivity index (χ1) is 6.85. The summed E-state index contributed by atoms with van der Waals surface area (Å²) in [7, 11) is 0. The maximum atomic E-state index is 10.6. The van der Waals surface area contributed by atoms with Gasteiger partial charge in [0.1, 0.15) is 6.29 Å². The third-order valence-corrected chi connectivity index (χ3v) is 2.22. The summed E-state index contributed by atoms with van der Waals surface area (Å²) in [6, 6.07) is 0. The number of aldehydes is 1. The molecular formula is C10H23N3O. The molecule has 0 saturated carbocycles. The summed E-state index contributed by atoms with van der Waals surface area (Å²) in [5.41, 5.74) is 10.7. The average molecular weight is 201 g/mol. The zero-order valence-electron chi connectivity index (χ0n) is 8.87. The zero-order valence-corrected chi connectivity index (χ0v) is 8.87. The molecule has 1 unspecified atom stereocenters. The molecule has 1 atom stereocenters. The summed E-state index contributed by atoms with van der Waals surface area (Å²) in [6.07, 6.45) is 4.80. The minimum atomic E-state index is 0.170. The Morgan fingerprint density at radius 1 is 1.07 bits per heavy atom. The van der Waals surface area contributed by atoms with Crippen LogP contribution in [0.5, 0.6) is 0 Å². The molecule has 84 valence electrons. The minimum absolute atomic E-state index is 0.170. The number of nitrogens with two attached hydrogens (primary N) is 2. The molecule has 0 rings (SSSR count). The lowest BCUT2D eigenvalue weighted by Gasteiger charge is -2.09. The van der Waals surface area contributed by atoms with Gasteiger partial charge in [0.05, 0.1) is 0 Å². The Morgan fingerprint density at radius 3 is 2.36 bits per heavy atom. The maximum Gasteiger partial charge on any atom is 0.123 e. The van der Waals surface area contributed by atoms with Crippen molar-refractivity contribution in [1.82, 2.24) is 5.32 Å². The second kappa shape index (κ2) is 10.6. The monoisotopic (exact) mass is 201 g/mol. The van der Waals surface area contributed by atoms with Gasteiger partial charge in [0.2, 0.25) is 0 Å². The molecule has 0 bridgehead atoms. The quantitative estimate of drug-likeness (QED) is 0.340. The zero-order chi connectivity index (χ0) is 10.6. The first kappa shape index (κ1) is 13.5. The van der Waals surface area contributed by atoms with Crippen LogP contribution >= 0.6 is 0 Å².